The van der Waals surface area contributed by atoms with E-state index in [4.69, 9.17) is 14.5 Å². The molecule has 0 aliphatic carbocycles. The number of ether oxygens (including phenoxy) is 2. The molecule has 0 saturated carbocycles. The maximum absolute atomic E-state index is 5.37. The summed E-state index contributed by atoms with van der Waals surface area (Å²) in [5.74, 6) is 1.44. The van der Waals surface area contributed by atoms with Gasteiger partial charge in [-0.05, 0) is 49.2 Å². The Bertz CT molecular complexity index is 839. The molecule has 3 rings (SSSR count). The topological polar surface area (TPSA) is 31.4 Å². The van der Waals surface area contributed by atoms with E-state index >= 15 is 0 Å². The van der Waals surface area contributed by atoms with Gasteiger partial charge >= 0.3 is 0 Å². The fourth-order valence-electron chi connectivity index (χ4n) is 2.41. The summed E-state index contributed by atoms with van der Waals surface area (Å²) in [6, 6.07) is 12.3. The Balaban J connectivity index is 1.97. The fraction of sp³-hybridized carbons (Fsp3) is 0.211. The molecule has 0 fully saturated rings. The van der Waals surface area contributed by atoms with Gasteiger partial charge in [-0.25, -0.2) is 4.98 Å². The smallest absolute Gasteiger partial charge is 0.161 e. The summed E-state index contributed by atoms with van der Waals surface area (Å²) in [5.41, 5.74) is 5.76. The van der Waals surface area contributed by atoms with Crippen LogP contribution in [0.2, 0.25) is 0 Å². The maximum atomic E-state index is 5.37. The Morgan fingerprint density at radius 2 is 1.57 bits per heavy atom. The van der Waals surface area contributed by atoms with Crippen LogP contribution in [0.1, 0.15) is 11.1 Å². The number of methoxy groups -OCH3 is 2. The standard InChI is InChI=1S/C19H19NO2S/c1-12-5-6-14(9-13(12)2)16-11-23-19(20-16)15-7-8-17(21-3)18(10-15)22-4/h5-11H,1-4H3. The van der Waals surface area contributed by atoms with E-state index in [0.717, 1.165) is 27.6 Å². The van der Waals surface area contributed by atoms with E-state index in [0.29, 0.717) is 5.75 Å². The van der Waals surface area contributed by atoms with Gasteiger partial charge in [0.2, 0.25) is 0 Å². The van der Waals surface area contributed by atoms with Gasteiger partial charge < -0.3 is 9.47 Å². The van der Waals surface area contributed by atoms with Gasteiger partial charge in [0, 0.05) is 16.5 Å². The molecule has 3 nitrogen and oxygen atoms in total. The number of benzene rings is 2. The minimum absolute atomic E-state index is 0.716. The molecule has 0 unspecified atom stereocenters. The maximum Gasteiger partial charge on any atom is 0.161 e. The minimum Gasteiger partial charge on any atom is -0.493 e. The van der Waals surface area contributed by atoms with Crippen molar-refractivity contribution in [2.45, 2.75) is 13.8 Å². The first-order valence-electron chi connectivity index (χ1n) is 7.38. The van der Waals surface area contributed by atoms with Gasteiger partial charge in [0.25, 0.3) is 0 Å². The molecule has 0 aliphatic rings. The van der Waals surface area contributed by atoms with Gasteiger partial charge in [-0.3, -0.25) is 0 Å². The van der Waals surface area contributed by atoms with Crippen LogP contribution in [0, 0.1) is 13.8 Å². The third-order valence-corrected chi connectivity index (χ3v) is 4.83. The molecule has 0 spiro atoms. The number of thiazole rings is 1. The molecule has 0 radical (unpaired) electrons. The summed E-state index contributed by atoms with van der Waals surface area (Å²) in [7, 11) is 3.28. The van der Waals surface area contributed by atoms with Crippen molar-refractivity contribution in [2.24, 2.45) is 0 Å². The molecule has 0 bridgehead atoms. The number of aromatic nitrogens is 1. The lowest BCUT2D eigenvalue weighted by Crippen LogP contribution is -1.90. The average molecular weight is 325 g/mol. The molecular weight excluding hydrogens is 306 g/mol. The lowest BCUT2D eigenvalue weighted by atomic mass is 10.1. The van der Waals surface area contributed by atoms with Crippen LogP contribution in [-0.4, -0.2) is 19.2 Å². The predicted molar refractivity (Wildman–Crippen MR) is 95.6 cm³/mol. The molecule has 4 heteroatoms. The van der Waals surface area contributed by atoms with Crippen LogP contribution in [0.25, 0.3) is 21.8 Å². The highest BCUT2D eigenvalue weighted by molar-refractivity contribution is 7.13. The second-order valence-corrected chi connectivity index (χ2v) is 6.26. The highest BCUT2D eigenvalue weighted by Gasteiger charge is 2.11. The van der Waals surface area contributed by atoms with E-state index in [1.807, 2.05) is 18.2 Å². The first kappa shape index (κ1) is 15.6. The van der Waals surface area contributed by atoms with Gasteiger partial charge in [-0.1, -0.05) is 12.1 Å². The summed E-state index contributed by atoms with van der Waals surface area (Å²) < 4.78 is 10.7. The Hall–Kier alpha value is -2.33. The summed E-state index contributed by atoms with van der Waals surface area (Å²) in [6.07, 6.45) is 0. The van der Waals surface area contributed by atoms with Crippen molar-refractivity contribution in [1.29, 1.82) is 0 Å². The van der Waals surface area contributed by atoms with Crippen LogP contribution in [0.15, 0.2) is 41.8 Å². The lowest BCUT2D eigenvalue weighted by molar-refractivity contribution is 0.355. The number of aryl methyl sites for hydroxylation is 2. The zero-order valence-electron chi connectivity index (χ0n) is 13.7. The molecule has 2 aromatic carbocycles. The summed E-state index contributed by atoms with van der Waals surface area (Å²) >= 11 is 1.63. The quantitative estimate of drug-likeness (QED) is 0.668. The molecule has 118 valence electrons. The van der Waals surface area contributed by atoms with Crippen molar-refractivity contribution in [3.8, 4) is 33.3 Å². The second-order valence-electron chi connectivity index (χ2n) is 5.41. The van der Waals surface area contributed by atoms with Crippen molar-refractivity contribution >= 4 is 11.3 Å². The Morgan fingerprint density at radius 1 is 0.826 bits per heavy atom. The normalized spacial score (nSPS) is 10.6. The Kier molecular flexibility index (Phi) is 4.35. The average Bonchev–Trinajstić information content (AvgIpc) is 3.06. The van der Waals surface area contributed by atoms with Gasteiger partial charge in [0.1, 0.15) is 5.01 Å². The van der Waals surface area contributed by atoms with Crippen LogP contribution >= 0.6 is 11.3 Å². The minimum atomic E-state index is 0.716. The van der Waals surface area contributed by atoms with E-state index in [2.05, 4.69) is 37.4 Å². The van der Waals surface area contributed by atoms with Crippen LogP contribution < -0.4 is 9.47 Å². The number of hydrogen-bond donors (Lipinski definition) is 0. The van der Waals surface area contributed by atoms with Crippen LogP contribution in [0.3, 0.4) is 0 Å². The predicted octanol–water partition coefficient (Wildman–Crippen LogP) is 5.11. The molecule has 1 heterocycles. The van der Waals surface area contributed by atoms with E-state index in [1.165, 1.54) is 11.1 Å². The van der Waals surface area contributed by atoms with Gasteiger partial charge in [0.15, 0.2) is 11.5 Å². The molecule has 1 aromatic heterocycles. The summed E-state index contributed by atoms with van der Waals surface area (Å²) in [6.45, 7) is 4.25. The molecule has 0 saturated heterocycles. The third-order valence-electron chi connectivity index (χ3n) is 3.94. The number of hydrogen-bond acceptors (Lipinski definition) is 4. The largest absolute Gasteiger partial charge is 0.493 e. The summed E-state index contributed by atoms with van der Waals surface area (Å²) in [5, 5.41) is 3.06. The first-order valence-corrected chi connectivity index (χ1v) is 8.26. The zero-order valence-corrected chi connectivity index (χ0v) is 14.5. The van der Waals surface area contributed by atoms with Gasteiger partial charge in [-0.2, -0.15) is 0 Å². The van der Waals surface area contributed by atoms with Crippen LogP contribution in [-0.2, 0) is 0 Å². The van der Waals surface area contributed by atoms with Crippen molar-refractivity contribution in [2.75, 3.05) is 14.2 Å². The van der Waals surface area contributed by atoms with E-state index < -0.39 is 0 Å². The van der Waals surface area contributed by atoms with Crippen molar-refractivity contribution in [3.63, 3.8) is 0 Å². The Labute approximate surface area is 140 Å². The molecule has 23 heavy (non-hydrogen) atoms. The lowest BCUT2D eigenvalue weighted by Gasteiger charge is -2.08. The van der Waals surface area contributed by atoms with E-state index in [1.54, 1.807) is 25.6 Å². The molecule has 0 N–H and O–H groups in total. The SMILES string of the molecule is COc1ccc(-c2nc(-c3ccc(C)c(C)c3)cs2)cc1OC. The Morgan fingerprint density at radius 3 is 2.26 bits per heavy atom. The van der Waals surface area contributed by atoms with Gasteiger partial charge in [-0.15, -0.1) is 11.3 Å². The highest BCUT2D eigenvalue weighted by atomic mass is 32.1. The van der Waals surface area contributed by atoms with Crippen molar-refractivity contribution in [3.05, 3.63) is 52.9 Å². The number of nitrogens with zero attached hydrogens (tertiary/aromatic N) is 1. The molecule has 3 aromatic rings. The van der Waals surface area contributed by atoms with Crippen LogP contribution in [0.5, 0.6) is 11.5 Å². The first-order chi connectivity index (χ1) is 11.1. The van der Waals surface area contributed by atoms with Crippen LogP contribution in [0.4, 0.5) is 0 Å². The monoisotopic (exact) mass is 325 g/mol. The fourth-order valence-corrected chi connectivity index (χ4v) is 3.24. The summed E-state index contributed by atoms with van der Waals surface area (Å²) in [4.78, 5) is 4.77. The van der Waals surface area contributed by atoms with Gasteiger partial charge in [0.05, 0.1) is 19.9 Å². The molecule has 0 amide bonds. The van der Waals surface area contributed by atoms with E-state index in [-0.39, 0.29) is 0 Å². The van der Waals surface area contributed by atoms with E-state index in [9.17, 15) is 0 Å². The molecular formula is C19H19NO2S. The highest BCUT2D eigenvalue weighted by Crippen LogP contribution is 2.35. The molecule has 0 aliphatic heterocycles. The third kappa shape index (κ3) is 3.08. The van der Waals surface area contributed by atoms with Crippen molar-refractivity contribution in [1.82, 2.24) is 4.98 Å². The number of rotatable bonds is 4. The second kappa shape index (κ2) is 6.42. The van der Waals surface area contributed by atoms with Crippen molar-refractivity contribution < 1.29 is 9.47 Å². The zero-order chi connectivity index (χ0) is 16.4. The molecule has 0 atom stereocenters.